The van der Waals surface area contributed by atoms with Crippen LogP contribution in [0.25, 0.3) is 10.2 Å². The number of para-hydroxylation sites is 1. The van der Waals surface area contributed by atoms with Gasteiger partial charge in [0.15, 0.2) is 0 Å². The van der Waals surface area contributed by atoms with Gasteiger partial charge in [0, 0.05) is 23.6 Å². The highest BCUT2D eigenvalue weighted by Crippen LogP contribution is 2.33. The maximum Gasteiger partial charge on any atom is 0.0945 e. The molecule has 2 rings (SSSR count). The van der Waals surface area contributed by atoms with Crippen molar-refractivity contribution in [2.24, 2.45) is 5.41 Å². The van der Waals surface area contributed by atoms with E-state index in [2.05, 4.69) is 18.0 Å². The SMILES string of the molecule is CCC(CCl)(CCl)Cc1nc2ccccc2s1. The van der Waals surface area contributed by atoms with Crippen LogP contribution < -0.4 is 0 Å². The molecule has 2 aromatic rings. The Morgan fingerprint density at radius 1 is 1.24 bits per heavy atom. The number of aromatic nitrogens is 1. The lowest BCUT2D eigenvalue weighted by atomic mass is 9.86. The lowest BCUT2D eigenvalue weighted by Gasteiger charge is -2.26. The minimum absolute atomic E-state index is 0.0169. The third-order valence-corrected chi connectivity index (χ3v) is 5.35. The smallest absolute Gasteiger partial charge is 0.0945 e. The minimum Gasteiger partial charge on any atom is -0.241 e. The molecule has 0 N–H and O–H groups in total. The zero-order valence-corrected chi connectivity index (χ0v) is 12.1. The summed E-state index contributed by atoms with van der Waals surface area (Å²) in [5, 5.41) is 1.13. The van der Waals surface area contributed by atoms with Crippen molar-refractivity contribution in [1.82, 2.24) is 4.98 Å². The van der Waals surface area contributed by atoms with Crippen molar-refractivity contribution in [3.8, 4) is 0 Å². The maximum absolute atomic E-state index is 6.07. The van der Waals surface area contributed by atoms with Crippen LogP contribution in [0.5, 0.6) is 0 Å². The number of fused-ring (bicyclic) bond motifs is 1. The number of hydrogen-bond donors (Lipinski definition) is 0. The summed E-state index contributed by atoms with van der Waals surface area (Å²) in [4.78, 5) is 4.64. The Hall–Kier alpha value is -0.310. The number of thiazole rings is 1. The van der Waals surface area contributed by atoms with Crippen LogP contribution in [-0.2, 0) is 6.42 Å². The fourth-order valence-corrected chi connectivity index (χ4v) is 3.75. The van der Waals surface area contributed by atoms with E-state index in [0.29, 0.717) is 11.8 Å². The Morgan fingerprint density at radius 2 is 1.94 bits per heavy atom. The summed E-state index contributed by atoms with van der Waals surface area (Å²) in [5.74, 6) is 1.17. The molecule has 0 spiro atoms. The van der Waals surface area contributed by atoms with Gasteiger partial charge in [-0.1, -0.05) is 19.1 Å². The summed E-state index contributed by atoms with van der Waals surface area (Å²) in [5.41, 5.74) is 1.05. The van der Waals surface area contributed by atoms with E-state index in [1.54, 1.807) is 11.3 Å². The molecule has 0 fully saturated rings. The summed E-state index contributed by atoms with van der Waals surface area (Å²) in [7, 11) is 0. The van der Waals surface area contributed by atoms with Crippen LogP contribution in [0.2, 0.25) is 0 Å². The second-order valence-corrected chi connectivity index (χ2v) is 6.02. The lowest BCUT2D eigenvalue weighted by molar-refractivity contribution is 0.361. The van der Waals surface area contributed by atoms with E-state index in [0.717, 1.165) is 23.4 Å². The highest BCUT2D eigenvalue weighted by molar-refractivity contribution is 7.18. The summed E-state index contributed by atoms with van der Waals surface area (Å²) in [6, 6.07) is 8.21. The molecule has 17 heavy (non-hydrogen) atoms. The molecule has 0 unspecified atom stereocenters. The van der Waals surface area contributed by atoms with Crippen molar-refractivity contribution in [1.29, 1.82) is 0 Å². The van der Waals surface area contributed by atoms with Crippen molar-refractivity contribution < 1.29 is 0 Å². The van der Waals surface area contributed by atoms with Crippen LogP contribution in [0.1, 0.15) is 18.4 Å². The molecule has 4 heteroatoms. The van der Waals surface area contributed by atoms with Crippen molar-refractivity contribution >= 4 is 44.8 Å². The first kappa shape index (κ1) is 13.1. The second-order valence-electron chi connectivity index (χ2n) is 4.37. The van der Waals surface area contributed by atoms with E-state index in [4.69, 9.17) is 23.2 Å². The van der Waals surface area contributed by atoms with Crippen LogP contribution in [0.4, 0.5) is 0 Å². The van der Waals surface area contributed by atoms with Gasteiger partial charge in [-0.15, -0.1) is 34.5 Å². The van der Waals surface area contributed by atoms with Gasteiger partial charge in [-0.3, -0.25) is 0 Å². The van der Waals surface area contributed by atoms with Gasteiger partial charge in [-0.2, -0.15) is 0 Å². The van der Waals surface area contributed by atoms with Gasteiger partial charge < -0.3 is 0 Å². The van der Waals surface area contributed by atoms with Gasteiger partial charge in [-0.25, -0.2) is 4.98 Å². The van der Waals surface area contributed by atoms with Gasteiger partial charge >= 0.3 is 0 Å². The summed E-state index contributed by atoms with van der Waals surface area (Å²) < 4.78 is 1.23. The van der Waals surface area contributed by atoms with Gasteiger partial charge in [-0.05, 0) is 18.6 Å². The number of alkyl halides is 2. The number of benzene rings is 1. The number of halogens is 2. The van der Waals surface area contributed by atoms with Gasteiger partial charge in [0.05, 0.1) is 15.2 Å². The molecule has 0 saturated heterocycles. The first-order chi connectivity index (χ1) is 8.23. The Kier molecular flexibility index (Phi) is 4.29. The summed E-state index contributed by atoms with van der Waals surface area (Å²) in [6.07, 6.45) is 1.85. The Morgan fingerprint density at radius 3 is 2.53 bits per heavy atom. The second kappa shape index (κ2) is 5.55. The predicted octanol–water partition coefficient (Wildman–Crippen LogP) is 4.71. The molecule has 0 aliphatic heterocycles. The lowest BCUT2D eigenvalue weighted by Crippen LogP contribution is -2.27. The monoisotopic (exact) mass is 287 g/mol. The number of nitrogens with zero attached hydrogens (tertiary/aromatic N) is 1. The minimum atomic E-state index is -0.0169. The average Bonchev–Trinajstić information content (AvgIpc) is 2.78. The van der Waals surface area contributed by atoms with Gasteiger partial charge in [0.25, 0.3) is 0 Å². The Labute approximate surface area is 116 Å². The first-order valence-corrected chi connectivity index (χ1v) is 7.58. The molecular weight excluding hydrogens is 273 g/mol. The number of rotatable bonds is 5. The molecule has 92 valence electrons. The van der Waals surface area contributed by atoms with Gasteiger partial charge in [0.1, 0.15) is 0 Å². The molecule has 0 radical (unpaired) electrons. The normalized spacial score (nSPS) is 12.2. The zero-order chi connectivity index (χ0) is 12.3. The van der Waals surface area contributed by atoms with E-state index in [1.807, 2.05) is 18.2 Å². The van der Waals surface area contributed by atoms with Gasteiger partial charge in [0.2, 0.25) is 0 Å². The predicted molar refractivity (Wildman–Crippen MR) is 77.5 cm³/mol. The van der Waals surface area contributed by atoms with E-state index >= 15 is 0 Å². The first-order valence-electron chi connectivity index (χ1n) is 5.69. The van der Waals surface area contributed by atoms with E-state index in [9.17, 15) is 0 Å². The fourth-order valence-electron chi connectivity index (χ4n) is 1.76. The highest BCUT2D eigenvalue weighted by atomic mass is 35.5. The maximum atomic E-state index is 6.07. The van der Waals surface area contributed by atoms with E-state index < -0.39 is 0 Å². The largest absolute Gasteiger partial charge is 0.241 e. The molecule has 1 nitrogen and oxygen atoms in total. The van der Waals surface area contributed by atoms with Crippen LogP contribution >= 0.6 is 34.5 Å². The van der Waals surface area contributed by atoms with Crippen molar-refractivity contribution in [3.05, 3.63) is 29.3 Å². The molecule has 0 aliphatic carbocycles. The zero-order valence-electron chi connectivity index (χ0n) is 9.75. The fraction of sp³-hybridized carbons (Fsp3) is 0.462. The van der Waals surface area contributed by atoms with Crippen LogP contribution in [0.15, 0.2) is 24.3 Å². The average molecular weight is 288 g/mol. The Balaban J connectivity index is 2.28. The number of hydrogen-bond acceptors (Lipinski definition) is 2. The standard InChI is InChI=1S/C13H15Cl2NS/c1-2-13(8-14,9-15)7-12-16-10-5-3-4-6-11(10)17-12/h3-6H,2,7-9H2,1H3. The topological polar surface area (TPSA) is 12.9 Å². The molecule has 0 atom stereocenters. The molecular formula is C13H15Cl2NS. The molecule has 0 amide bonds. The molecule has 0 bridgehead atoms. The Bertz CT molecular complexity index is 450. The third kappa shape index (κ3) is 2.75. The summed E-state index contributed by atoms with van der Waals surface area (Å²) >= 11 is 13.9. The quantitative estimate of drug-likeness (QED) is 0.726. The van der Waals surface area contributed by atoms with Crippen molar-refractivity contribution in [2.45, 2.75) is 19.8 Å². The van der Waals surface area contributed by atoms with Crippen molar-refractivity contribution in [2.75, 3.05) is 11.8 Å². The van der Waals surface area contributed by atoms with Crippen LogP contribution in [-0.4, -0.2) is 16.7 Å². The van der Waals surface area contributed by atoms with Crippen LogP contribution in [0.3, 0.4) is 0 Å². The molecule has 1 aromatic carbocycles. The van der Waals surface area contributed by atoms with Crippen molar-refractivity contribution in [3.63, 3.8) is 0 Å². The van der Waals surface area contributed by atoms with E-state index in [1.165, 1.54) is 4.70 Å². The third-order valence-electron chi connectivity index (χ3n) is 3.18. The summed E-state index contributed by atoms with van der Waals surface area (Å²) in [6.45, 7) is 2.14. The highest BCUT2D eigenvalue weighted by Gasteiger charge is 2.28. The molecule has 0 saturated carbocycles. The van der Waals surface area contributed by atoms with Crippen LogP contribution in [0, 0.1) is 5.41 Å². The van der Waals surface area contributed by atoms with E-state index in [-0.39, 0.29) is 5.41 Å². The molecule has 1 aromatic heterocycles. The molecule has 0 aliphatic rings. The molecule has 1 heterocycles.